The lowest BCUT2D eigenvalue weighted by atomic mass is 10.1. The summed E-state index contributed by atoms with van der Waals surface area (Å²) in [7, 11) is 0. The monoisotopic (exact) mass is 253 g/mol. The molecule has 0 bridgehead atoms. The van der Waals surface area contributed by atoms with Crippen LogP contribution in [0.5, 0.6) is 0 Å². The highest BCUT2D eigenvalue weighted by molar-refractivity contribution is 6.31. The van der Waals surface area contributed by atoms with Gasteiger partial charge in [0, 0.05) is 23.0 Å². The van der Waals surface area contributed by atoms with Crippen LogP contribution in [0.4, 0.5) is 0 Å². The van der Waals surface area contributed by atoms with Crippen molar-refractivity contribution in [2.24, 2.45) is 0 Å². The van der Waals surface area contributed by atoms with Crippen LogP contribution in [0.3, 0.4) is 0 Å². The maximum absolute atomic E-state index is 5.94. The Morgan fingerprint density at radius 2 is 1.89 bits per heavy atom. The minimum Gasteiger partial charge on any atom is -0.454 e. The van der Waals surface area contributed by atoms with Crippen LogP contribution in [0.2, 0.25) is 5.02 Å². The molecule has 0 fully saturated rings. The Kier molecular flexibility index (Phi) is 1.91. The van der Waals surface area contributed by atoms with Crippen LogP contribution in [0.1, 0.15) is 0 Å². The van der Waals surface area contributed by atoms with Gasteiger partial charge >= 0.3 is 0 Å². The second kappa shape index (κ2) is 3.47. The van der Waals surface area contributed by atoms with Gasteiger partial charge in [-0.25, -0.2) is 0 Å². The van der Waals surface area contributed by atoms with Gasteiger partial charge in [0.25, 0.3) is 0 Å². The molecular formula is C15H8ClNO. The van der Waals surface area contributed by atoms with E-state index in [0.717, 1.165) is 32.8 Å². The van der Waals surface area contributed by atoms with Gasteiger partial charge in [-0.05, 0) is 11.5 Å². The fourth-order valence-electron chi connectivity index (χ4n) is 2.35. The number of hydrogen-bond acceptors (Lipinski definition) is 2. The summed E-state index contributed by atoms with van der Waals surface area (Å²) < 4.78 is 5.90. The second-order valence-corrected chi connectivity index (χ2v) is 4.70. The molecule has 0 aliphatic carbocycles. The van der Waals surface area contributed by atoms with Gasteiger partial charge in [0.2, 0.25) is 0 Å². The van der Waals surface area contributed by atoms with Gasteiger partial charge in [0.1, 0.15) is 11.1 Å². The van der Waals surface area contributed by atoms with Crippen LogP contribution in [-0.2, 0) is 0 Å². The first kappa shape index (κ1) is 9.92. The van der Waals surface area contributed by atoms with Gasteiger partial charge in [-0.3, -0.25) is 4.98 Å². The summed E-state index contributed by atoms with van der Waals surface area (Å²) in [5, 5.41) is 3.88. The molecule has 4 aromatic rings. The third-order valence-corrected chi connectivity index (χ3v) is 3.37. The Labute approximate surface area is 108 Å². The van der Waals surface area contributed by atoms with Gasteiger partial charge < -0.3 is 4.42 Å². The zero-order valence-corrected chi connectivity index (χ0v) is 10.1. The molecule has 0 atom stereocenters. The molecule has 2 nitrogen and oxygen atoms in total. The van der Waals surface area contributed by atoms with Crippen molar-refractivity contribution in [1.29, 1.82) is 0 Å². The molecule has 0 unspecified atom stereocenters. The zero-order valence-electron chi connectivity index (χ0n) is 9.35. The number of aromatic nitrogens is 1. The van der Waals surface area contributed by atoms with Crippen LogP contribution >= 0.6 is 11.6 Å². The number of fused-ring (bicyclic) bond motifs is 5. The summed E-state index contributed by atoms with van der Waals surface area (Å²) in [6, 6.07) is 14.1. The highest BCUT2D eigenvalue weighted by Crippen LogP contribution is 2.33. The Balaban J connectivity index is 2.29. The summed E-state index contributed by atoms with van der Waals surface area (Å²) in [6.45, 7) is 0. The van der Waals surface area contributed by atoms with Gasteiger partial charge in [-0.15, -0.1) is 0 Å². The van der Waals surface area contributed by atoms with Crippen molar-refractivity contribution in [3.05, 3.63) is 53.7 Å². The van der Waals surface area contributed by atoms with E-state index < -0.39 is 0 Å². The summed E-state index contributed by atoms with van der Waals surface area (Å²) >= 11 is 5.94. The lowest BCUT2D eigenvalue weighted by Gasteiger charge is -1.96. The molecule has 4 rings (SSSR count). The molecule has 0 aliphatic rings. The standard InChI is InChI=1S/C15H8ClNO/c16-10-7-13-14(17-8-10)12-6-5-9-3-1-2-4-11(9)15(12)18-13/h1-8H. The van der Waals surface area contributed by atoms with Crippen LogP contribution < -0.4 is 0 Å². The largest absolute Gasteiger partial charge is 0.454 e. The van der Waals surface area contributed by atoms with E-state index in [1.54, 1.807) is 12.3 Å². The minimum absolute atomic E-state index is 0.589. The normalized spacial score (nSPS) is 11.6. The lowest BCUT2D eigenvalue weighted by Crippen LogP contribution is -1.74. The number of rotatable bonds is 0. The molecule has 0 N–H and O–H groups in total. The summed E-state index contributed by atoms with van der Waals surface area (Å²) in [5.41, 5.74) is 2.46. The summed E-state index contributed by atoms with van der Waals surface area (Å²) in [6.07, 6.45) is 1.65. The molecule has 0 amide bonds. The third kappa shape index (κ3) is 1.27. The molecular weight excluding hydrogens is 246 g/mol. The number of pyridine rings is 1. The maximum Gasteiger partial charge on any atom is 0.155 e. The highest BCUT2D eigenvalue weighted by Gasteiger charge is 2.10. The number of nitrogens with zero attached hydrogens (tertiary/aromatic N) is 1. The van der Waals surface area contributed by atoms with E-state index in [1.165, 1.54) is 0 Å². The van der Waals surface area contributed by atoms with Crippen molar-refractivity contribution in [2.45, 2.75) is 0 Å². The van der Waals surface area contributed by atoms with Crippen molar-refractivity contribution in [1.82, 2.24) is 4.98 Å². The number of halogens is 1. The van der Waals surface area contributed by atoms with E-state index in [0.29, 0.717) is 5.02 Å². The molecule has 18 heavy (non-hydrogen) atoms. The first-order valence-electron chi connectivity index (χ1n) is 5.68. The van der Waals surface area contributed by atoms with Crippen molar-refractivity contribution in [3.63, 3.8) is 0 Å². The van der Waals surface area contributed by atoms with E-state index in [-0.39, 0.29) is 0 Å². The van der Waals surface area contributed by atoms with Gasteiger partial charge in [0.15, 0.2) is 5.58 Å². The maximum atomic E-state index is 5.94. The summed E-state index contributed by atoms with van der Waals surface area (Å²) in [4.78, 5) is 4.35. The topological polar surface area (TPSA) is 26.0 Å². The Morgan fingerprint density at radius 1 is 1.00 bits per heavy atom. The van der Waals surface area contributed by atoms with E-state index in [2.05, 4.69) is 23.2 Å². The zero-order chi connectivity index (χ0) is 12.1. The fourth-order valence-corrected chi connectivity index (χ4v) is 2.50. The Morgan fingerprint density at radius 3 is 2.83 bits per heavy atom. The molecule has 2 aromatic heterocycles. The quantitative estimate of drug-likeness (QED) is 0.450. The van der Waals surface area contributed by atoms with Crippen LogP contribution in [0, 0.1) is 0 Å². The molecule has 0 spiro atoms. The fraction of sp³-hybridized carbons (Fsp3) is 0. The highest BCUT2D eigenvalue weighted by atomic mass is 35.5. The van der Waals surface area contributed by atoms with Gasteiger partial charge in [-0.2, -0.15) is 0 Å². The van der Waals surface area contributed by atoms with Crippen molar-refractivity contribution < 1.29 is 4.42 Å². The smallest absolute Gasteiger partial charge is 0.155 e. The van der Waals surface area contributed by atoms with Crippen molar-refractivity contribution in [3.8, 4) is 0 Å². The van der Waals surface area contributed by atoms with Gasteiger partial charge in [0.05, 0.1) is 5.02 Å². The van der Waals surface area contributed by atoms with Crippen molar-refractivity contribution in [2.75, 3.05) is 0 Å². The Bertz CT molecular complexity index is 895. The van der Waals surface area contributed by atoms with E-state index in [9.17, 15) is 0 Å². The molecule has 0 aliphatic heterocycles. The first-order valence-corrected chi connectivity index (χ1v) is 6.06. The minimum atomic E-state index is 0.589. The third-order valence-electron chi connectivity index (χ3n) is 3.17. The molecule has 2 heterocycles. The van der Waals surface area contributed by atoms with Crippen LogP contribution in [0.25, 0.3) is 32.8 Å². The predicted octanol–water partition coefficient (Wildman–Crippen LogP) is 4.79. The first-order chi connectivity index (χ1) is 8.83. The van der Waals surface area contributed by atoms with E-state index in [4.69, 9.17) is 16.0 Å². The van der Waals surface area contributed by atoms with Gasteiger partial charge in [-0.1, -0.05) is 41.9 Å². The predicted molar refractivity (Wildman–Crippen MR) is 74.0 cm³/mol. The average molecular weight is 254 g/mol. The molecule has 0 radical (unpaired) electrons. The summed E-state index contributed by atoms with van der Waals surface area (Å²) in [5.74, 6) is 0. The molecule has 86 valence electrons. The number of hydrogen-bond donors (Lipinski definition) is 0. The molecule has 3 heteroatoms. The lowest BCUT2D eigenvalue weighted by molar-refractivity contribution is 0.672. The van der Waals surface area contributed by atoms with E-state index >= 15 is 0 Å². The number of furan rings is 1. The average Bonchev–Trinajstić information content (AvgIpc) is 2.76. The molecule has 0 saturated heterocycles. The van der Waals surface area contributed by atoms with Crippen molar-refractivity contribution >= 4 is 44.4 Å². The SMILES string of the molecule is Clc1cnc2c(c1)oc1c3ccccc3ccc21. The molecule has 2 aromatic carbocycles. The Hall–Kier alpha value is -2.06. The van der Waals surface area contributed by atoms with Crippen LogP contribution in [0.15, 0.2) is 53.1 Å². The second-order valence-electron chi connectivity index (χ2n) is 4.27. The van der Waals surface area contributed by atoms with E-state index in [1.807, 2.05) is 18.2 Å². The number of benzene rings is 2. The van der Waals surface area contributed by atoms with Crippen LogP contribution in [-0.4, -0.2) is 4.98 Å². The molecule has 0 saturated carbocycles.